The van der Waals surface area contributed by atoms with Gasteiger partial charge in [-0.1, -0.05) is 0 Å². The Labute approximate surface area is 198 Å². The van der Waals surface area contributed by atoms with Gasteiger partial charge in [0.15, 0.2) is 0 Å². The summed E-state index contributed by atoms with van der Waals surface area (Å²) in [7, 11) is -7.26. The van der Waals surface area contributed by atoms with Crippen molar-refractivity contribution in [2.75, 3.05) is 0 Å². The van der Waals surface area contributed by atoms with E-state index in [0.29, 0.717) is 0 Å². The SMILES string of the molecule is O=C([O-])[O-].O=[Si]([O-])[O-].O=[Si]([O-])[O-].[Ca+2].[Ca+2].[Na+].[Na+]. The van der Waals surface area contributed by atoms with Gasteiger partial charge in [0.25, 0.3) is 0 Å². The molecule has 9 nitrogen and oxygen atoms in total. The molecule has 72 valence electrons. The zero-order valence-electron chi connectivity index (χ0n) is 8.59. The first-order valence-corrected chi connectivity index (χ1v) is 4.29. The molecule has 0 amide bonds. The average molecular weight is 338 g/mol. The fourth-order valence-corrected chi connectivity index (χ4v) is 0. The Morgan fingerprint density at radius 1 is 0.750 bits per heavy atom. The molecule has 0 saturated carbocycles. The van der Waals surface area contributed by atoms with E-state index >= 15 is 0 Å². The Kier molecular flexibility index (Phi) is 96.5. The molecule has 16 heavy (non-hydrogen) atoms. The van der Waals surface area contributed by atoms with Gasteiger partial charge in [0.05, 0.1) is 0 Å². The zero-order chi connectivity index (χ0) is 10.7. The van der Waals surface area contributed by atoms with E-state index in [2.05, 4.69) is 0 Å². The predicted octanol–water partition coefficient (Wildman–Crippen LogP) is -15.0. The van der Waals surface area contributed by atoms with Crippen LogP contribution < -0.4 is 88.5 Å². The van der Waals surface area contributed by atoms with Crippen LogP contribution in [0.2, 0.25) is 0 Å². The van der Waals surface area contributed by atoms with E-state index in [1.165, 1.54) is 0 Å². The molecule has 0 unspecified atom stereocenters. The fourth-order valence-electron chi connectivity index (χ4n) is 0. The summed E-state index contributed by atoms with van der Waals surface area (Å²) < 4.78 is 17.0. The quantitative estimate of drug-likeness (QED) is 0.386. The molecule has 0 saturated heterocycles. The Morgan fingerprint density at radius 2 is 0.750 bits per heavy atom. The van der Waals surface area contributed by atoms with E-state index in [4.69, 9.17) is 43.1 Å². The van der Waals surface area contributed by atoms with Gasteiger partial charge in [-0.3, -0.25) is 0 Å². The van der Waals surface area contributed by atoms with Crippen molar-refractivity contribution in [1.82, 2.24) is 0 Å². The van der Waals surface area contributed by atoms with E-state index in [1.807, 2.05) is 0 Å². The van der Waals surface area contributed by atoms with Crippen molar-refractivity contribution in [2.24, 2.45) is 0 Å². The summed E-state index contributed by atoms with van der Waals surface area (Å²) in [6.07, 6.45) is -2.33. The van der Waals surface area contributed by atoms with Crippen LogP contribution in [0.1, 0.15) is 0 Å². The predicted molar refractivity (Wildman–Crippen MR) is 29.8 cm³/mol. The van der Waals surface area contributed by atoms with Gasteiger partial charge in [-0.15, -0.1) is 0 Å². The number of rotatable bonds is 0. The fraction of sp³-hybridized carbons (Fsp3) is 0. The van der Waals surface area contributed by atoms with Crippen molar-refractivity contribution in [1.29, 1.82) is 0 Å². The van der Waals surface area contributed by atoms with E-state index < -0.39 is 24.5 Å². The minimum atomic E-state index is -3.63. The number of carbonyl (C=O) groups excluding carboxylic acids is 1. The third-order valence-electron chi connectivity index (χ3n) is 0. The van der Waals surface area contributed by atoms with E-state index in [9.17, 15) is 0 Å². The first-order valence-electron chi connectivity index (χ1n) is 1.84. The first-order chi connectivity index (χ1) is 5.20. The molecule has 0 aromatic heterocycles. The molecular weight excluding hydrogens is 338 g/mol. The van der Waals surface area contributed by atoms with Crippen LogP contribution in [-0.4, -0.2) is 100.0 Å². The van der Waals surface area contributed by atoms with Crippen molar-refractivity contribution in [2.45, 2.75) is 0 Å². The van der Waals surface area contributed by atoms with Gasteiger partial charge in [-0.05, 0) is 6.16 Å². The molecule has 0 heterocycles. The molecule has 0 spiro atoms. The van der Waals surface area contributed by atoms with Gasteiger partial charge in [0.1, 0.15) is 0 Å². The maximum absolute atomic E-state index is 8.52. The Balaban J connectivity index is -0.0000000135. The van der Waals surface area contributed by atoms with Crippen LogP contribution >= 0.6 is 0 Å². The maximum Gasteiger partial charge on any atom is 2.00 e. The molecule has 0 aliphatic rings. The average Bonchev–Trinajstić information content (AvgIpc) is 1.54. The topological polar surface area (TPSA) is 190 Å². The van der Waals surface area contributed by atoms with Gasteiger partial charge in [0.2, 0.25) is 0 Å². The van der Waals surface area contributed by atoms with Crippen LogP contribution in [0.3, 0.4) is 0 Å². The zero-order valence-corrected chi connectivity index (χ0v) is 19.0. The van der Waals surface area contributed by atoms with E-state index in [1.54, 1.807) is 0 Å². The van der Waals surface area contributed by atoms with Crippen LogP contribution in [0.15, 0.2) is 0 Å². The van der Waals surface area contributed by atoms with Gasteiger partial charge < -0.3 is 43.1 Å². The molecule has 0 aliphatic carbocycles. The molecule has 0 atom stereocenters. The summed E-state index contributed by atoms with van der Waals surface area (Å²) in [5.74, 6) is 0. The summed E-state index contributed by atoms with van der Waals surface area (Å²) in [5.41, 5.74) is 0. The minimum Gasteiger partial charge on any atom is -0.672 e. The summed E-state index contributed by atoms with van der Waals surface area (Å²) in [6.45, 7) is 0. The van der Waals surface area contributed by atoms with Crippen LogP contribution in [0.25, 0.3) is 0 Å². The van der Waals surface area contributed by atoms with Crippen LogP contribution in [0, 0.1) is 0 Å². The summed E-state index contributed by atoms with van der Waals surface area (Å²) in [5, 5.41) is 16.7. The Hall–Kier alpha value is 3.02. The summed E-state index contributed by atoms with van der Waals surface area (Å²) in [4.78, 5) is 42.4. The first kappa shape index (κ1) is 42.7. The van der Waals surface area contributed by atoms with Crippen LogP contribution in [0.4, 0.5) is 4.79 Å². The Bertz CT molecular complexity index is 127. The number of hydrogen-bond acceptors (Lipinski definition) is 9. The molecule has 0 N–H and O–H groups in total. The Morgan fingerprint density at radius 3 is 0.750 bits per heavy atom. The molecular formula is CCa2Na2O9Si2. The van der Waals surface area contributed by atoms with Gasteiger partial charge in [-0.2, -0.15) is 0 Å². The standard InChI is InChI=1S/CH2O3.2Ca.2Na.2O3Si/c2-1(3)4;;;;;2*1-4(2)3/h(H2,2,3,4);;;;;;/q;2*+2;2*+1;2*-2/p-2. The third kappa shape index (κ3) is 478. The minimum absolute atomic E-state index is 0. The smallest absolute Gasteiger partial charge is 0.672 e. The van der Waals surface area contributed by atoms with Crippen molar-refractivity contribution in [3.63, 3.8) is 0 Å². The van der Waals surface area contributed by atoms with Gasteiger partial charge in [-0.25, -0.2) is 0 Å². The number of carbonyl (C=O) groups is 1. The number of hydrogen-bond donors (Lipinski definition) is 0. The third-order valence-corrected chi connectivity index (χ3v) is 0. The largest absolute Gasteiger partial charge is 2.00 e. The molecule has 0 bridgehead atoms. The van der Waals surface area contributed by atoms with Crippen molar-refractivity contribution in [3.8, 4) is 0 Å². The molecule has 15 heteroatoms. The monoisotopic (exact) mass is 338 g/mol. The molecule has 0 aromatic carbocycles. The second kappa shape index (κ2) is 36.1. The second-order valence-electron chi connectivity index (χ2n) is 0.750. The normalized spacial score (nSPS) is 4.50. The molecule has 0 fully saturated rings. The van der Waals surface area contributed by atoms with E-state index in [-0.39, 0.29) is 135 Å². The van der Waals surface area contributed by atoms with Gasteiger partial charge >= 0.3 is 135 Å². The molecule has 0 radical (unpaired) electrons. The van der Waals surface area contributed by atoms with Crippen LogP contribution in [-0.2, 0) is 8.92 Å². The maximum atomic E-state index is 8.52. The molecule has 0 aromatic rings. The van der Waals surface area contributed by atoms with E-state index in [0.717, 1.165) is 0 Å². The number of carboxylic acid groups (broad SMARTS) is 2. The van der Waals surface area contributed by atoms with Crippen molar-refractivity contribution in [3.05, 3.63) is 0 Å². The summed E-state index contributed by atoms with van der Waals surface area (Å²) in [6, 6.07) is 0. The van der Waals surface area contributed by atoms with Crippen molar-refractivity contribution >= 4 is 100.0 Å². The van der Waals surface area contributed by atoms with Gasteiger partial charge in [0, 0.05) is 18.3 Å². The van der Waals surface area contributed by atoms with Crippen LogP contribution in [0.5, 0.6) is 0 Å². The second-order valence-corrected chi connectivity index (χ2v) is 1.75. The van der Waals surface area contributed by atoms with Crippen molar-refractivity contribution < 1.29 is 102 Å². The summed E-state index contributed by atoms with van der Waals surface area (Å²) >= 11 is 0. The molecule has 0 rings (SSSR count). The molecule has 0 aliphatic heterocycles.